The van der Waals surface area contributed by atoms with Crippen molar-refractivity contribution in [1.82, 2.24) is 5.32 Å². The van der Waals surface area contributed by atoms with E-state index < -0.39 is 20.8 Å². The maximum absolute atomic E-state index is 12.5. The standard InChI is InChI=1S/C18H28N2O4S/c1-4-24-15-13-18(19,17(15,2)3)16(21)20-11-8-12-25(22,23)14-9-6-5-7-10-14/h5-7,9-10,15H,4,8,11-13,19H2,1-3H3,(H,20,21). The highest BCUT2D eigenvalue weighted by atomic mass is 32.2. The molecule has 25 heavy (non-hydrogen) atoms. The Bertz CT molecular complexity index is 703. The van der Waals surface area contributed by atoms with Gasteiger partial charge in [0.25, 0.3) is 0 Å². The highest BCUT2D eigenvalue weighted by Gasteiger charge is 2.62. The predicted molar refractivity (Wildman–Crippen MR) is 96.9 cm³/mol. The summed E-state index contributed by atoms with van der Waals surface area (Å²) in [6, 6.07) is 8.32. The summed E-state index contributed by atoms with van der Waals surface area (Å²) in [5.74, 6) is -0.259. The normalized spacial score (nSPS) is 25.2. The van der Waals surface area contributed by atoms with Gasteiger partial charge in [-0.15, -0.1) is 0 Å². The topological polar surface area (TPSA) is 98.5 Å². The van der Waals surface area contributed by atoms with Crippen LogP contribution >= 0.6 is 0 Å². The molecule has 0 aliphatic heterocycles. The zero-order chi connectivity index (χ0) is 18.7. The molecule has 140 valence electrons. The van der Waals surface area contributed by atoms with E-state index in [2.05, 4.69) is 5.32 Å². The summed E-state index contributed by atoms with van der Waals surface area (Å²) in [5, 5.41) is 2.78. The molecule has 1 amide bonds. The van der Waals surface area contributed by atoms with Crippen LogP contribution in [-0.4, -0.2) is 44.9 Å². The molecule has 0 saturated heterocycles. The molecule has 0 bridgehead atoms. The molecule has 7 heteroatoms. The van der Waals surface area contributed by atoms with Gasteiger partial charge >= 0.3 is 0 Å². The number of benzene rings is 1. The number of ether oxygens (including phenoxy) is 1. The van der Waals surface area contributed by atoms with Gasteiger partial charge in [0.1, 0.15) is 5.54 Å². The van der Waals surface area contributed by atoms with E-state index >= 15 is 0 Å². The minimum Gasteiger partial charge on any atom is -0.378 e. The molecule has 2 atom stereocenters. The van der Waals surface area contributed by atoms with Crippen molar-refractivity contribution >= 4 is 15.7 Å². The van der Waals surface area contributed by atoms with Gasteiger partial charge in [-0.25, -0.2) is 8.42 Å². The number of hydrogen-bond donors (Lipinski definition) is 2. The average molecular weight is 368 g/mol. The van der Waals surface area contributed by atoms with E-state index in [9.17, 15) is 13.2 Å². The van der Waals surface area contributed by atoms with Gasteiger partial charge in [0.15, 0.2) is 9.84 Å². The van der Waals surface area contributed by atoms with Crippen LogP contribution in [0.5, 0.6) is 0 Å². The number of sulfone groups is 1. The largest absolute Gasteiger partial charge is 0.378 e. The number of nitrogens with two attached hydrogens (primary N) is 1. The van der Waals surface area contributed by atoms with Crippen LogP contribution in [0.4, 0.5) is 0 Å². The van der Waals surface area contributed by atoms with Gasteiger partial charge < -0.3 is 15.8 Å². The van der Waals surface area contributed by atoms with Crippen molar-refractivity contribution in [3.05, 3.63) is 30.3 Å². The highest BCUT2D eigenvalue weighted by molar-refractivity contribution is 7.91. The Morgan fingerprint density at radius 1 is 1.32 bits per heavy atom. The van der Waals surface area contributed by atoms with Crippen LogP contribution < -0.4 is 11.1 Å². The zero-order valence-electron chi connectivity index (χ0n) is 15.1. The van der Waals surface area contributed by atoms with Crippen molar-refractivity contribution in [2.75, 3.05) is 18.9 Å². The number of nitrogens with one attached hydrogen (secondary N) is 1. The van der Waals surface area contributed by atoms with E-state index in [1.807, 2.05) is 20.8 Å². The first-order valence-electron chi connectivity index (χ1n) is 8.62. The minimum atomic E-state index is -3.33. The SMILES string of the molecule is CCOC1CC(N)(C(=O)NCCCS(=O)(=O)c2ccccc2)C1(C)C. The Labute approximate surface area is 150 Å². The molecule has 2 rings (SSSR count). The molecular weight excluding hydrogens is 340 g/mol. The van der Waals surface area contributed by atoms with E-state index in [1.165, 1.54) is 0 Å². The third-order valence-electron chi connectivity index (χ3n) is 5.21. The van der Waals surface area contributed by atoms with Crippen LogP contribution in [0.25, 0.3) is 0 Å². The number of carbonyl (C=O) groups excluding carboxylic acids is 1. The second kappa shape index (κ2) is 7.43. The summed E-state index contributed by atoms with van der Waals surface area (Å²) in [4.78, 5) is 12.8. The number of hydrogen-bond acceptors (Lipinski definition) is 5. The third kappa shape index (κ3) is 3.88. The van der Waals surface area contributed by atoms with E-state index in [0.29, 0.717) is 24.3 Å². The first kappa shape index (κ1) is 19.9. The average Bonchev–Trinajstić information content (AvgIpc) is 2.59. The molecule has 1 aromatic carbocycles. The molecule has 0 heterocycles. The van der Waals surface area contributed by atoms with Crippen molar-refractivity contribution in [1.29, 1.82) is 0 Å². The van der Waals surface area contributed by atoms with Gasteiger partial charge in [0, 0.05) is 25.0 Å². The van der Waals surface area contributed by atoms with Crippen molar-refractivity contribution < 1.29 is 17.9 Å². The van der Waals surface area contributed by atoms with Crippen molar-refractivity contribution in [2.45, 2.75) is 50.2 Å². The van der Waals surface area contributed by atoms with Crippen LogP contribution in [0.3, 0.4) is 0 Å². The Hall–Kier alpha value is -1.44. The molecule has 1 saturated carbocycles. The van der Waals surface area contributed by atoms with Gasteiger partial charge in [0.2, 0.25) is 5.91 Å². The monoisotopic (exact) mass is 368 g/mol. The highest BCUT2D eigenvalue weighted by Crippen LogP contribution is 2.49. The van der Waals surface area contributed by atoms with Crippen LogP contribution in [0, 0.1) is 5.41 Å². The molecule has 1 aromatic rings. The van der Waals surface area contributed by atoms with Gasteiger partial charge in [-0.2, -0.15) is 0 Å². The first-order valence-corrected chi connectivity index (χ1v) is 10.3. The molecule has 2 unspecified atom stereocenters. The molecule has 6 nitrogen and oxygen atoms in total. The summed E-state index contributed by atoms with van der Waals surface area (Å²) >= 11 is 0. The lowest BCUT2D eigenvalue weighted by Gasteiger charge is -2.57. The zero-order valence-corrected chi connectivity index (χ0v) is 15.9. The van der Waals surface area contributed by atoms with E-state index in [1.54, 1.807) is 30.3 Å². The van der Waals surface area contributed by atoms with Gasteiger partial charge in [-0.05, 0) is 25.5 Å². The molecular formula is C18H28N2O4S. The number of rotatable bonds is 8. The van der Waals surface area contributed by atoms with Crippen molar-refractivity contribution in [3.8, 4) is 0 Å². The van der Waals surface area contributed by atoms with Gasteiger partial charge in [0.05, 0.1) is 16.8 Å². The molecule has 1 fully saturated rings. The quantitative estimate of drug-likeness (QED) is 0.678. The predicted octanol–water partition coefficient (Wildman–Crippen LogP) is 1.50. The molecule has 1 aliphatic carbocycles. The Kier molecular flexibility index (Phi) is 5.91. The second-order valence-electron chi connectivity index (χ2n) is 7.08. The Balaban J connectivity index is 1.83. The van der Waals surface area contributed by atoms with Crippen LogP contribution in [0.1, 0.15) is 33.6 Å². The molecule has 0 spiro atoms. The minimum absolute atomic E-state index is 0.0141. The summed E-state index contributed by atoms with van der Waals surface area (Å²) < 4.78 is 30.0. The molecule has 1 aliphatic rings. The van der Waals surface area contributed by atoms with Gasteiger partial charge in [-0.1, -0.05) is 32.0 Å². The lowest BCUT2D eigenvalue weighted by Crippen LogP contribution is -2.75. The van der Waals surface area contributed by atoms with E-state index in [4.69, 9.17) is 10.5 Å². The lowest BCUT2D eigenvalue weighted by molar-refractivity contribution is -0.170. The Morgan fingerprint density at radius 2 is 1.96 bits per heavy atom. The number of amides is 1. The van der Waals surface area contributed by atoms with Crippen molar-refractivity contribution in [2.24, 2.45) is 11.1 Å². The van der Waals surface area contributed by atoms with Crippen LogP contribution in [0.2, 0.25) is 0 Å². The lowest BCUT2D eigenvalue weighted by atomic mass is 9.54. The fourth-order valence-electron chi connectivity index (χ4n) is 3.19. The maximum Gasteiger partial charge on any atom is 0.240 e. The van der Waals surface area contributed by atoms with E-state index in [0.717, 1.165) is 0 Å². The van der Waals surface area contributed by atoms with Crippen LogP contribution in [0.15, 0.2) is 35.2 Å². The van der Waals surface area contributed by atoms with Crippen LogP contribution in [-0.2, 0) is 19.4 Å². The second-order valence-corrected chi connectivity index (χ2v) is 9.19. The summed E-state index contributed by atoms with van der Waals surface area (Å²) in [6.45, 7) is 6.63. The smallest absolute Gasteiger partial charge is 0.240 e. The van der Waals surface area contributed by atoms with E-state index in [-0.39, 0.29) is 24.3 Å². The number of carbonyl (C=O) groups is 1. The molecule has 3 N–H and O–H groups in total. The fourth-order valence-corrected chi connectivity index (χ4v) is 4.52. The summed E-state index contributed by atoms with van der Waals surface area (Å²) in [6.07, 6.45) is 0.780. The first-order chi connectivity index (χ1) is 11.6. The van der Waals surface area contributed by atoms with Gasteiger partial charge in [-0.3, -0.25) is 4.79 Å². The maximum atomic E-state index is 12.5. The molecule has 0 radical (unpaired) electrons. The summed E-state index contributed by atoms with van der Waals surface area (Å²) in [7, 11) is -3.33. The third-order valence-corrected chi connectivity index (χ3v) is 7.03. The Morgan fingerprint density at radius 3 is 2.52 bits per heavy atom. The van der Waals surface area contributed by atoms with Crippen molar-refractivity contribution in [3.63, 3.8) is 0 Å². The molecule has 0 aromatic heterocycles. The fraction of sp³-hybridized carbons (Fsp3) is 0.611. The summed E-state index contributed by atoms with van der Waals surface area (Å²) in [5.41, 5.74) is 4.86.